The number of methoxy groups -OCH3 is 1. The number of fused-ring (bicyclic) bond motifs is 1. The van der Waals surface area contributed by atoms with Crippen molar-refractivity contribution < 1.29 is 9.53 Å². The molecule has 0 fully saturated rings. The van der Waals surface area contributed by atoms with E-state index in [1.165, 1.54) is 11.3 Å². The van der Waals surface area contributed by atoms with Crippen LogP contribution in [-0.2, 0) is 6.54 Å². The van der Waals surface area contributed by atoms with E-state index in [0.29, 0.717) is 23.0 Å². The standard InChI is InChI=1S/C22H19N3O2S2/c1-27-17-10-8-16(9-11-17)21(26)25(14-15-5-4-12-23-13-15)22-24-20-18(28-2)6-3-7-19(20)29-22/h3-13H,14H2,1-2H3. The van der Waals surface area contributed by atoms with Crippen molar-refractivity contribution in [1.82, 2.24) is 9.97 Å². The molecule has 2 aromatic carbocycles. The first kappa shape index (κ1) is 19.4. The van der Waals surface area contributed by atoms with Gasteiger partial charge in [-0.3, -0.25) is 14.7 Å². The highest BCUT2D eigenvalue weighted by Gasteiger charge is 2.22. The molecular formula is C22H19N3O2S2. The number of benzene rings is 2. The van der Waals surface area contributed by atoms with Crippen LogP contribution in [0.15, 0.2) is 71.9 Å². The van der Waals surface area contributed by atoms with Crippen LogP contribution < -0.4 is 9.64 Å². The minimum Gasteiger partial charge on any atom is -0.497 e. The first-order valence-corrected chi connectivity index (χ1v) is 11.0. The Kier molecular flexibility index (Phi) is 5.78. The molecule has 0 saturated heterocycles. The Balaban J connectivity index is 1.76. The van der Waals surface area contributed by atoms with Crippen molar-refractivity contribution >= 4 is 44.4 Å². The lowest BCUT2D eigenvalue weighted by molar-refractivity contribution is 0.0985. The number of thioether (sulfide) groups is 1. The number of nitrogens with zero attached hydrogens (tertiary/aromatic N) is 3. The highest BCUT2D eigenvalue weighted by atomic mass is 32.2. The fraction of sp³-hybridized carbons (Fsp3) is 0.136. The predicted molar refractivity (Wildman–Crippen MR) is 119 cm³/mol. The number of rotatable bonds is 6. The molecule has 0 aliphatic rings. The van der Waals surface area contributed by atoms with Crippen LogP contribution in [0.5, 0.6) is 5.75 Å². The van der Waals surface area contributed by atoms with Crippen LogP contribution in [0.4, 0.5) is 5.13 Å². The van der Waals surface area contributed by atoms with Gasteiger partial charge in [-0.15, -0.1) is 11.8 Å². The SMILES string of the molecule is COc1ccc(C(=O)N(Cc2cccnc2)c2nc3c(SC)cccc3s2)cc1. The Labute approximate surface area is 177 Å². The lowest BCUT2D eigenvalue weighted by Crippen LogP contribution is -2.30. The molecule has 0 aliphatic heterocycles. The minimum atomic E-state index is -0.110. The third kappa shape index (κ3) is 4.11. The average Bonchev–Trinajstić information content (AvgIpc) is 3.22. The summed E-state index contributed by atoms with van der Waals surface area (Å²) in [4.78, 5) is 25.2. The van der Waals surface area contributed by atoms with E-state index in [-0.39, 0.29) is 5.91 Å². The van der Waals surface area contributed by atoms with Crippen molar-refractivity contribution in [1.29, 1.82) is 0 Å². The molecule has 4 rings (SSSR count). The zero-order chi connectivity index (χ0) is 20.2. The number of aromatic nitrogens is 2. The Morgan fingerprint density at radius 3 is 2.66 bits per heavy atom. The van der Waals surface area contributed by atoms with E-state index >= 15 is 0 Å². The quantitative estimate of drug-likeness (QED) is 0.397. The molecule has 29 heavy (non-hydrogen) atoms. The Morgan fingerprint density at radius 1 is 1.14 bits per heavy atom. The van der Waals surface area contributed by atoms with Crippen molar-refractivity contribution in [3.8, 4) is 5.75 Å². The molecule has 0 bridgehead atoms. The third-order valence-electron chi connectivity index (χ3n) is 4.47. The number of carbonyl (C=O) groups excluding carboxylic acids is 1. The number of amides is 1. The van der Waals surface area contributed by atoms with E-state index in [1.807, 2.05) is 36.6 Å². The van der Waals surface area contributed by atoms with E-state index < -0.39 is 0 Å². The fourth-order valence-corrected chi connectivity index (χ4v) is 4.60. The number of pyridine rings is 1. The number of thiazole rings is 1. The highest BCUT2D eigenvalue weighted by Crippen LogP contribution is 2.35. The smallest absolute Gasteiger partial charge is 0.260 e. The van der Waals surface area contributed by atoms with Gasteiger partial charge >= 0.3 is 0 Å². The Hall–Kier alpha value is -2.90. The van der Waals surface area contributed by atoms with Crippen LogP contribution in [-0.4, -0.2) is 29.2 Å². The average molecular weight is 422 g/mol. The maximum Gasteiger partial charge on any atom is 0.260 e. The molecular weight excluding hydrogens is 402 g/mol. The first-order valence-electron chi connectivity index (χ1n) is 8.98. The molecule has 0 unspecified atom stereocenters. The second-order valence-electron chi connectivity index (χ2n) is 6.28. The van der Waals surface area contributed by atoms with E-state index in [2.05, 4.69) is 4.98 Å². The van der Waals surface area contributed by atoms with Crippen LogP contribution in [0.25, 0.3) is 10.2 Å². The van der Waals surface area contributed by atoms with Gasteiger partial charge in [-0.1, -0.05) is 23.5 Å². The molecule has 146 valence electrons. The summed E-state index contributed by atoms with van der Waals surface area (Å²) in [6.07, 6.45) is 5.53. The number of carbonyl (C=O) groups is 1. The number of ether oxygens (including phenoxy) is 1. The van der Waals surface area contributed by atoms with Gasteiger partial charge in [0.1, 0.15) is 5.75 Å². The number of hydrogen-bond donors (Lipinski definition) is 0. The Morgan fingerprint density at radius 2 is 1.97 bits per heavy atom. The van der Waals surface area contributed by atoms with E-state index in [0.717, 1.165) is 20.7 Å². The van der Waals surface area contributed by atoms with Crippen LogP contribution in [0.3, 0.4) is 0 Å². The number of hydrogen-bond acceptors (Lipinski definition) is 6. The van der Waals surface area contributed by atoms with Gasteiger partial charge in [0.25, 0.3) is 5.91 Å². The molecule has 1 amide bonds. The van der Waals surface area contributed by atoms with Gasteiger partial charge in [-0.05, 0) is 54.3 Å². The van der Waals surface area contributed by atoms with Crippen molar-refractivity contribution in [2.45, 2.75) is 11.4 Å². The van der Waals surface area contributed by atoms with Gasteiger partial charge in [0, 0.05) is 22.9 Å². The van der Waals surface area contributed by atoms with Crippen molar-refractivity contribution in [3.05, 3.63) is 78.1 Å². The lowest BCUT2D eigenvalue weighted by Gasteiger charge is -2.20. The normalized spacial score (nSPS) is 10.8. The molecule has 0 saturated carbocycles. The van der Waals surface area contributed by atoms with Crippen LogP contribution in [0, 0.1) is 0 Å². The van der Waals surface area contributed by atoms with Crippen molar-refractivity contribution in [2.24, 2.45) is 0 Å². The summed E-state index contributed by atoms with van der Waals surface area (Å²) in [5.74, 6) is 0.603. The molecule has 0 atom stereocenters. The second-order valence-corrected chi connectivity index (χ2v) is 8.14. The fourth-order valence-electron chi connectivity index (χ4n) is 2.98. The molecule has 4 aromatic rings. The van der Waals surface area contributed by atoms with Crippen molar-refractivity contribution in [3.63, 3.8) is 0 Å². The monoisotopic (exact) mass is 421 g/mol. The van der Waals surface area contributed by atoms with Gasteiger partial charge in [-0.25, -0.2) is 4.98 Å². The molecule has 2 heterocycles. The second kappa shape index (κ2) is 8.63. The van der Waals surface area contributed by atoms with Gasteiger partial charge in [0.2, 0.25) is 0 Å². The molecule has 5 nitrogen and oxygen atoms in total. The molecule has 0 aliphatic carbocycles. The van der Waals surface area contributed by atoms with Gasteiger partial charge in [-0.2, -0.15) is 0 Å². The van der Waals surface area contributed by atoms with E-state index in [1.54, 1.807) is 60.4 Å². The van der Waals surface area contributed by atoms with Crippen molar-refractivity contribution in [2.75, 3.05) is 18.3 Å². The van der Waals surface area contributed by atoms with E-state index in [4.69, 9.17) is 9.72 Å². The molecule has 2 aromatic heterocycles. The highest BCUT2D eigenvalue weighted by molar-refractivity contribution is 7.98. The Bertz CT molecular complexity index is 1130. The zero-order valence-electron chi connectivity index (χ0n) is 16.0. The van der Waals surface area contributed by atoms with Crippen LogP contribution in [0.1, 0.15) is 15.9 Å². The number of anilines is 1. The first-order chi connectivity index (χ1) is 14.2. The number of para-hydroxylation sites is 1. The summed E-state index contributed by atoms with van der Waals surface area (Å²) >= 11 is 3.17. The molecule has 0 radical (unpaired) electrons. The summed E-state index contributed by atoms with van der Waals surface area (Å²) in [5.41, 5.74) is 2.46. The molecule has 7 heteroatoms. The van der Waals surface area contributed by atoms with Crippen LogP contribution >= 0.6 is 23.1 Å². The van der Waals surface area contributed by atoms with Gasteiger partial charge in [0.15, 0.2) is 5.13 Å². The predicted octanol–water partition coefficient (Wildman–Crippen LogP) is 5.27. The molecule has 0 spiro atoms. The molecule has 0 N–H and O–H groups in total. The summed E-state index contributed by atoms with van der Waals surface area (Å²) in [5, 5.41) is 0.672. The topological polar surface area (TPSA) is 55.3 Å². The summed E-state index contributed by atoms with van der Waals surface area (Å²) in [7, 11) is 1.61. The van der Waals surface area contributed by atoms with Gasteiger partial charge < -0.3 is 4.74 Å². The summed E-state index contributed by atoms with van der Waals surface area (Å²) in [6, 6.07) is 17.1. The van der Waals surface area contributed by atoms with Crippen LogP contribution in [0.2, 0.25) is 0 Å². The maximum absolute atomic E-state index is 13.4. The zero-order valence-corrected chi connectivity index (χ0v) is 17.7. The van der Waals surface area contributed by atoms with E-state index in [9.17, 15) is 4.79 Å². The van der Waals surface area contributed by atoms with Gasteiger partial charge in [0.05, 0.1) is 23.9 Å². The maximum atomic E-state index is 13.4. The largest absolute Gasteiger partial charge is 0.497 e. The summed E-state index contributed by atoms with van der Waals surface area (Å²) in [6.45, 7) is 0.396. The minimum absolute atomic E-state index is 0.110. The lowest BCUT2D eigenvalue weighted by atomic mass is 10.2. The third-order valence-corrected chi connectivity index (χ3v) is 6.28. The summed E-state index contributed by atoms with van der Waals surface area (Å²) < 4.78 is 6.27.